The largest absolute Gasteiger partial charge is 1.00 e. The molecule has 0 saturated heterocycles. The molecule has 0 atom stereocenters. The van der Waals surface area contributed by atoms with Gasteiger partial charge in [0.15, 0.2) is 0 Å². The van der Waals surface area contributed by atoms with Crippen LogP contribution in [0, 0.1) is 0 Å². The molecule has 0 fully saturated rings. The third kappa shape index (κ3) is 21.3. The molecule has 0 spiro atoms. The Balaban J connectivity index is 0. The minimum absolute atomic E-state index is 0. The average Bonchev–Trinajstić information content (AvgIpc) is 2.34. The summed E-state index contributed by atoms with van der Waals surface area (Å²) in [5.74, 6) is -1.09. The zero-order valence-corrected chi connectivity index (χ0v) is 16.1. The summed E-state index contributed by atoms with van der Waals surface area (Å²) in [4.78, 5) is 10.1. The smallest absolute Gasteiger partial charge is 0.545 e. The maximum absolute atomic E-state index is 10.1. The van der Waals surface area contributed by atoms with Gasteiger partial charge in [0.05, 0.1) is 5.97 Å². The Morgan fingerprint density at radius 3 is 1.68 bits per heavy atom. The van der Waals surface area contributed by atoms with Crippen molar-refractivity contribution in [3.63, 3.8) is 0 Å². The number of allylic oxidation sites excluding steroid dienone is 1. The maximum Gasteiger partial charge on any atom is 1.00 e. The van der Waals surface area contributed by atoms with Gasteiger partial charge in [-0.1, -0.05) is 77.2 Å². The second-order valence-corrected chi connectivity index (χ2v) is 5.05. The first-order valence-corrected chi connectivity index (χ1v) is 7.65. The van der Waals surface area contributed by atoms with Crippen molar-refractivity contribution in [3.05, 3.63) is 12.2 Å². The molecule has 2 nitrogen and oxygen atoms in total. The van der Waals surface area contributed by atoms with Gasteiger partial charge >= 0.3 is 51.4 Å². The molecule has 0 aromatic heterocycles. The first-order valence-electron chi connectivity index (χ1n) is 7.65. The Kier molecular flexibility index (Phi) is 22.0. The van der Waals surface area contributed by atoms with Gasteiger partial charge in [0.25, 0.3) is 0 Å². The number of carboxylic acids is 1. The summed E-state index contributed by atoms with van der Waals surface area (Å²) < 4.78 is 0. The quantitative estimate of drug-likeness (QED) is 0.289. The van der Waals surface area contributed by atoms with E-state index in [1.54, 1.807) is 6.08 Å². The van der Waals surface area contributed by atoms with Crippen LogP contribution in [-0.4, -0.2) is 5.97 Å². The molecule has 0 bridgehead atoms. The van der Waals surface area contributed by atoms with Crippen molar-refractivity contribution in [2.75, 3.05) is 0 Å². The zero-order valence-electron chi connectivity index (χ0n) is 13.0. The molecule has 0 unspecified atom stereocenters. The van der Waals surface area contributed by atoms with Gasteiger partial charge in [-0.2, -0.15) is 0 Å². The van der Waals surface area contributed by atoms with Crippen LogP contribution < -0.4 is 56.5 Å². The Morgan fingerprint density at radius 1 is 0.842 bits per heavy atom. The van der Waals surface area contributed by atoms with Crippen LogP contribution >= 0.6 is 0 Å². The number of carbonyl (C=O) groups is 1. The summed E-state index contributed by atoms with van der Waals surface area (Å²) in [5.41, 5.74) is 0. The van der Waals surface area contributed by atoms with Crippen LogP contribution in [-0.2, 0) is 4.79 Å². The summed E-state index contributed by atoms with van der Waals surface area (Å²) >= 11 is 0. The molecule has 19 heavy (non-hydrogen) atoms. The summed E-state index contributed by atoms with van der Waals surface area (Å²) in [7, 11) is 0. The van der Waals surface area contributed by atoms with Crippen LogP contribution in [0.15, 0.2) is 12.2 Å². The van der Waals surface area contributed by atoms with Crippen LogP contribution in [0.1, 0.15) is 84.0 Å². The van der Waals surface area contributed by atoms with E-state index >= 15 is 0 Å². The summed E-state index contributed by atoms with van der Waals surface area (Å²) in [5, 5.41) is 10.1. The van der Waals surface area contributed by atoms with E-state index in [1.807, 2.05) is 0 Å². The number of rotatable bonds is 13. The molecular weight excluding hydrogens is 263 g/mol. The van der Waals surface area contributed by atoms with Gasteiger partial charge in [-0.25, -0.2) is 0 Å². The number of hydrogen-bond donors (Lipinski definition) is 0. The van der Waals surface area contributed by atoms with Crippen LogP contribution in [0.4, 0.5) is 0 Å². The fourth-order valence-electron chi connectivity index (χ4n) is 2.11. The molecular formula is C16H29KO2. The van der Waals surface area contributed by atoms with Crippen molar-refractivity contribution in [2.45, 2.75) is 84.0 Å². The van der Waals surface area contributed by atoms with Crippen molar-refractivity contribution in [2.24, 2.45) is 0 Å². The van der Waals surface area contributed by atoms with E-state index in [0.29, 0.717) is 0 Å². The molecule has 0 amide bonds. The van der Waals surface area contributed by atoms with E-state index in [4.69, 9.17) is 0 Å². The Morgan fingerprint density at radius 2 is 1.26 bits per heavy atom. The van der Waals surface area contributed by atoms with Crippen molar-refractivity contribution in [1.82, 2.24) is 0 Å². The summed E-state index contributed by atoms with van der Waals surface area (Å²) in [6, 6.07) is 0. The molecule has 0 aliphatic carbocycles. The fraction of sp³-hybridized carbons (Fsp3) is 0.812. The van der Waals surface area contributed by atoms with E-state index in [0.717, 1.165) is 18.9 Å². The Bertz CT molecular complexity index is 215. The van der Waals surface area contributed by atoms with Crippen LogP contribution in [0.3, 0.4) is 0 Å². The molecule has 0 N–H and O–H groups in total. The first kappa shape index (κ1) is 22.1. The third-order valence-corrected chi connectivity index (χ3v) is 3.23. The SMILES string of the molecule is CCCCCCCCCCCCCC=CC(=O)[O-].[K+]. The van der Waals surface area contributed by atoms with Gasteiger partial charge in [-0.3, -0.25) is 0 Å². The first-order chi connectivity index (χ1) is 8.77. The van der Waals surface area contributed by atoms with Crippen molar-refractivity contribution >= 4 is 5.97 Å². The Hall–Kier alpha value is 0.846. The van der Waals surface area contributed by atoms with Gasteiger partial charge in [0.1, 0.15) is 0 Å². The number of hydrogen-bond acceptors (Lipinski definition) is 2. The standard InChI is InChI=1S/C16H30O2.K/c1-2-3-4-5-6-7-8-9-10-11-12-13-14-15-16(17)18;/h14-15H,2-13H2,1H3,(H,17,18);/q;+1/p-1. The van der Waals surface area contributed by atoms with E-state index in [1.165, 1.54) is 64.2 Å². The predicted octanol–water partition coefficient (Wildman–Crippen LogP) is 0.998. The van der Waals surface area contributed by atoms with Gasteiger partial charge in [-0.05, 0) is 18.9 Å². The van der Waals surface area contributed by atoms with E-state index in [2.05, 4.69) is 6.92 Å². The molecule has 3 heteroatoms. The van der Waals surface area contributed by atoms with Gasteiger partial charge < -0.3 is 9.90 Å². The van der Waals surface area contributed by atoms with Gasteiger partial charge in [0.2, 0.25) is 0 Å². The topological polar surface area (TPSA) is 40.1 Å². The molecule has 0 saturated carbocycles. The van der Waals surface area contributed by atoms with Gasteiger partial charge in [-0.15, -0.1) is 0 Å². The molecule has 0 radical (unpaired) electrons. The predicted molar refractivity (Wildman–Crippen MR) is 75.2 cm³/mol. The second kappa shape index (κ2) is 18.8. The zero-order chi connectivity index (χ0) is 13.5. The number of carbonyl (C=O) groups excluding carboxylic acids is 1. The summed E-state index contributed by atoms with van der Waals surface area (Å²) in [6.45, 7) is 2.25. The molecule has 0 heterocycles. The van der Waals surface area contributed by atoms with Crippen LogP contribution in [0.2, 0.25) is 0 Å². The molecule has 0 rings (SSSR count). The summed E-state index contributed by atoms with van der Waals surface area (Å²) in [6.07, 6.45) is 18.3. The van der Waals surface area contributed by atoms with E-state index in [9.17, 15) is 9.90 Å². The van der Waals surface area contributed by atoms with E-state index in [-0.39, 0.29) is 51.4 Å². The van der Waals surface area contributed by atoms with Crippen molar-refractivity contribution in [1.29, 1.82) is 0 Å². The minimum Gasteiger partial charge on any atom is -0.545 e. The number of carboxylic acid groups (broad SMARTS) is 1. The number of aliphatic carboxylic acids is 1. The van der Waals surface area contributed by atoms with Gasteiger partial charge in [0, 0.05) is 0 Å². The normalized spacial score (nSPS) is 10.6. The molecule has 0 aromatic carbocycles. The van der Waals surface area contributed by atoms with Crippen molar-refractivity contribution in [3.8, 4) is 0 Å². The van der Waals surface area contributed by atoms with Crippen LogP contribution in [0.25, 0.3) is 0 Å². The fourth-order valence-corrected chi connectivity index (χ4v) is 2.11. The average molecular weight is 293 g/mol. The Labute approximate surface area is 161 Å². The third-order valence-electron chi connectivity index (χ3n) is 3.23. The molecule has 0 aliphatic heterocycles. The van der Waals surface area contributed by atoms with E-state index < -0.39 is 5.97 Å². The molecule has 106 valence electrons. The maximum atomic E-state index is 10.1. The number of unbranched alkanes of at least 4 members (excludes halogenated alkanes) is 11. The monoisotopic (exact) mass is 292 g/mol. The van der Waals surface area contributed by atoms with Crippen LogP contribution in [0.5, 0.6) is 0 Å². The second-order valence-electron chi connectivity index (χ2n) is 5.05. The molecule has 0 aromatic rings. The van der Waals surface area contributed by atoms with Crippen molar-refractivity contribution < 1.29 is 61.3 Å². The molecule has 0 aliphatic rings. The minimum atomic E-state index is -1.09.